The number of aryl methyl sites for hydroxylation is 2. The Balaban J connectivity index is 1.25. The molecule has 4 heteroatoms. The average molecular weight is 823 g/mol. The van der Waals surface area contributed by atoms with Gasteiger partial charge in [-0.2, -0.15) is 0 Å². The quantitative estimate of drug-likeness (QED) is 0.150. The van der Waals surface area contributed by atoms with Gasteiger partial charge in [0.25, 0.3) is 0 Å². The zero-order chi connectivity index (χ0) is 42.6. The van der Waals surface area contributed by atoms with Crippen LogP contribution < -0.4 is 15.7 Å². The number of nitrogens with zero attached hydrogens (tertiary/aromatic N) is 2. The van der Waals surface area contributed by atoms with E-state index in [1.165, 1.54) is 151 Å². The van der Waals surface area contributed by atoms with Gasteiger partial charge in [0.1, 0.15) is 0 Å². The summed E-state index contributed by atoms with van der Waals surface area (Å²) in [4.78, 5) is 2.73. The van der Waals surface area contributed by atoms with Crippen LogP contribution in [0.3, 0.4) is 0 Å². The van der Waals surface area contributed by atoms with Crippen LogP contribution in [-0.2, 0) is 21.7 Å². The lowest BCUT2D eigenvalue weighted by Crippen LogP contribution is -2.60. The number of anilines is 2. The fourth-order valence-corrected chi connectivity index (χ4v) is 14.1. The van der Waals surface area contributed by atoms with Gasteiger partial charge in [-0.25, -0.2) is 0 Å². The molecule has 0 spiro atoms. The van der Waals surface area contributed by atoms with Gasteiger partial charge in [-0.15, -0.1) is 11.3 Å². The lowest BCUT2D eigenvalue weighted by molar-refractivity contribution is 0.332. The minimum Gasteiger partial charge on any atom is -0.376 e. The second-order valence-electron chi connectivity index (χ2n) is 22.3. The smallest absolute Gasteiger partial charge is 0.333 e. The third kappa shape index (κ3) is 4.67. The lowest BCUT2D eigenvalue weighted by Gasteiger charge is -2.43. The van der Waals surface area contributed by atoms with E-state index in [0.29, 0.717) is 0 Å². The number of aromatic nitrogens is 1. The van der Waals surface area contributed by atoms with Gasteiger partial charge in [0, 0.05) is 53.6 Å². The summed E-state index contributed by atoms with van der Waals surface area (Å²) in [6, 6.07) is 41.5. The van der Waals surface area contributed by atoms with Crippen molar-refractivity contribution < 1.29 is 0 Å². The molecule has 0 radical (unpaired) electrons. The van der Waals surface area contributed by atoms with Crippen molar-refractivity contribution in [3.05, 3.63) is 137 Å². The van der Waals surface area contributed by atoms with E-state index in [4.69, 9.17) is 0 Å². The fourth-order valence-electron chi connectivity index (χ4n) is 12.8. The van der Waals surface area contributed by atoms with Crippen LogP contribution >= 0.6 is 11.3 Å². The van der Waals surface area contributed by atoms with E-state index in [-0.39, 0.29) is 28.5 Å². The number of hydrogen-bond donors (Lipinski definition) is 0. The van der Waals surface area contributed by atoms with Crippen molar-refractivity contribution in [2.75, 3.05) is 4.81 Å². The van der Waals surface area contributed by atoms with Crippen LogP contribution in [0, 0.1) is 13.8 Å². The summed E-state index contributed by atoms with van der Waals surface area (Å²) in [6.07, 6.45) is 4.82. The molecular weight excluding hydrogens is 768 g/mol. The van der Waals surface area contributed by atoms with Crippen molar-refractivity contribution in [2.24, 2.45) is 0 Å². The summed E-state index contributed by atoms with van der Waals surface area (Å²) in [5, 5.41) is 8.31. The van der Waals surface area contributed by atoms with Crippen LogP contribution in [0.25, 0.3) is 69.6 Å². The molecule has 0 saturated carbocycles. The highest BCUT2D eigenvalue weighted by atomic mass is 32.1. The van der Waals surface area contributed by atoms with Gasteiger partial charge in [0.05, 0.1) is 11.0 Å². The highest BCUT2D eigenvalue weighted by Gasteiger charge is 2.47. The summed E-state index contributed by atoms with van der Waals surface area (Å²) in [5.41, 5.74) is 21.4. The molecule has 2 nitrogen and oxygen atoms in total. The number of thiophene rings is 1. The molecule has 0 saturated heterocycles. The van der Waals surface area contributed by atoms with Gasteiger partial charge in [-0.1, -0.05) is 121 Å². The Labute approximate surface area is 370 Å². The number of rotatable bonds is 1. The topological polar surface area (TPSA) is 8.17 Å². The fraction of sp³-hybridized carbons (Fsp3) is 0.310. The molecule has 0 atom stereocenters. The van der Waals surface area contributed by atoms with E-state index >= 15 is 0 Å². The van der Waals surface area contributed by atoms with Gasteiger partial charge in [-0.3, -0.25) is 0 Å². The third-order valence-corrected chi connectivity index (χ3v) is 17.8. The van der Waals surface area contributed by atoms with E-state index < -0.39 is 0 Å². The normalized spacial score (nSPS) is 18.7. The number of hydrogen-bond acceptors (Lipinski definition) is 2. The van der Waals surface area contributed by atoms with Gasteiger partial charge >= 0.3 is 6.85 Å². The minimum atomic E-state index is -0.0118. The first kappa shape index (κ1) is 37.3. The molecule has 62 heavy (non-hydrogen) atoms. The molecule has 0 unspecified atom stereocenters. The van der Waals surface area contributed by atoms with Crippen LogP contribution in [0.4, 0.5) is 11.4 Å². The Bertz CT molecular complexity index is 3500. The Morgan fingerprint density at radius 3 is 1.77 bits per heavy atom. The van der Waals surface area contributed by atoms with Crippen molar-refractivity contribution in [3.8, 4) is 16.8 Å². The van der Waals surface area contributed by atoms with Gasteiger partial charge in [-0.05, 0) is 159 Å². The van der Waals surface area contributed by atoms with E-state index in [0.717, 1.165) is 0 Å². The molecular formula is C58H55BN2S. The largest absolute Gasteiger partial charge is 0.376 e. The molecule has 2 aromatic heterocycles. The maximum Gasteiger partial charge on any atom is 0.333 e. The minimum absolute atomic E-state index is 0.0118. The van der Waals surface area contributed by atoms with E-state index in [9.17, 15) is 0 Å². The predicted octanol–water partition coefficient (Wildman–Crippen LogP) is 14.9. The summed E-state index contributed by atoms with van der Waals surface area (Å²) >= 11 is 2.03. The first-order valence-corrected chi connectivity index (χ1v) is 23.9. The molecule has 9 aromatic rings. The van der Waals surface area contributed by atoms with Crippen molar-refractivity contribution in [2.45, 2.75) is 117 Å². The van der Waals surface area contributed by atoms with Crippen molar-refractivity contribution >= 4 is 93.2 Å². The Morgan fingerprint density at radius 1 is 0.516 bits per heavy atom. The zero-order valence-corrected chi connectivity index (χ0v) is 38.8. The van der Waals surface area contributed by atoms with Crippen LogP contribution in [0.5, 0.6) is 0 Å². The predicted molar refractivity (Wildman–Crippen MR) is 270 cm³/mol. The molecule has 4 heterocycles. The summed E-state index contributed by atoms with van der Waals surface area (Å²) in [7, 11) is 0. The first-order valence-electron chi connectivity index (χ1n) is 23.1. The maximum absolute atomic E-state index is 2.73. The van der Waals surface area contributed by atoms with Crippen LogP contribution in [-0.4, -0.2) is 11.4 Å². The second-order valence-corrected chi connectivity index (χ2v) is 23.4. The number of fused-ring (bicyclic) bond motifs is 17. The Kier molecular flexibility index (Phi) is 7.10. The maximum atomic E-state index is 2.73. The highest BCUT2D eigenvalue weighted by molar-refractivity contribution is 7.26. The Hall–Kier alpha value is -5.32. The summed E-state index contributed by atoms with van der Waals surface area (Å²) in [6.45, 7) is 24.2. The van der Waals surface area contributed by atoms with E-state index in [2.05, 4.69) is 182 Å². The molecule has 306 valence electrons. The molecule has 0 amide bonds. The summed E-state index contributed by atoms with van der Waals surface area (Å²) < 4.78 is 5.52. The third-order valence-electron chi connectivity index (χ3n) is 16.6. The number of benzene rings is 7. The van der Waals surface area contributed by atoms with Crippen LogP contribution in [0.15, 0.2) is 103 Å². The molecule has 4 aliphatic rings. The van der Waals surface area contributed by atoms with Gasteiger partial charge < -0.3 is 9.38 Å². The molecule has 2 aliphatic carbocycles. The van der Waals surface area contributed by atoms with Crippen molar-refractivity contribution in [3.63, 3.8) is 0 Å². The highest BCUT2D eigenvalue weighted by Crippen LogP contribution is 2.56. The summed E-state index contributed by atoms with van der Waals surface area (Å²) in [5.74, 6) is 0. The molecule has 0 bridgehead atoms. The second kappa shape index (κ2) is 11.8. The van der Waals surface area contributed by atoms with E-state index in [1.807, 2.05) is 11.3 Å². The molecule has 13 rings (SSSR count). The first-order chi connectivity index (χ1) is 29.5. The lowest BCUT2D eigenvalue weighted by atomic mass is 9.43. The van der Waals surface area contributed by atoms with Gasteiger partial charge in [0.2, 0.25) is 0 Å². The monoisotopic (exact) mass is 822 g/mol. The average Bonchev–Trinajstić information content (AvgIpc) is 3.79. The molecule has 2 aliphatic heterocycles. The van der Waals surface area contributed by atoms with E-state index in [1.54, 1.807) is 0 Å². The van der Waals surface area contributed by atoms with Crippen molar-refractivity contribution in [1.29, 1.82) is 0 Å². The van der Waals surface area contributed by atoms with Gasteiger partial charge in [0.15, 0.2) is 0 Å². The van der Waals surface area contributed by atoms with Crippen LogP contribution in [0.2, 0.25) is 0 Å². The van der Waals surface area contributed by atoms with Crippen molar-refractivity contribution in [1.82, 2.24) is 4.57 Å². The Morgan fingerprint density at radius 2 is 1.10 bits per heavy atom. The molecule has 0 N–H and O–H groups in total. The SMILES string of the molecule is Cc1ccc(N2B3c4cc(C)ccc4-n4c5cc6c(cc5c5c7ccccc7c(c3c54)-c3c2ccc2c3sc3cc4c(cc32)C(C)(C)CCC4(C)C)C(C)(C)CCC6(C)C)cc1. The van der Waals surface area contributed by atoms with Crippen LogP contribution in [0.1, 0.15) is 114 Å². The molecule has 7 aromatic carbocycles. The standard InChI is InChI=1S/C58H55BN2S/c1-32-15-18-34(19-16-32)61-46-22-20-37-38-28-40-43(58(9,10)26-24-55(40,3)4)31-48(38)62-54(37)51(46)50-36-14-12-11-13-35(36)49-39-29-41-42(57(7,8)25-23-56(41,5)6)30-47(39)60-45-21-17-33(2)27-44(45)59(61)52(50)53(49)60/h11-22,27-31H,23-26H2,1-10H3. The zero-order valence-electron chi connectivity index (χ0n) is 38.0. The molecule has 0 fully saturated rings.